The van der Waals surface area contributed by atoms with Crippen molar-refractivity contribution in [1.82, 2.24) is 5.32 Å². The SMILES string of the molecule is O=C1NC(=O)/C(=C/c2cccc(OCCCC3CCCCC3)c2Cl)S1. The lowest BCUT2D eigenvalue weighted by atomic mass is 9.86. The fourth-order valence-corrected chi connectivity index (χ4v) is 4.25. The number of imide groups is 1. The highest BCUT2D eigenvalue weighted by Gasteiger charge is 2.25. The van der Waals surface area contributed by atoms with Crippen molar-refractivity contribution in [2.45, 2.75) is 44.9 Å². The lowest BCUT2D eigenvalue weighted by molar-refractivity contribution is -0.115. The summed E-state index contributed by atoms with van der Waals surface area (Å²) >= 11 is 7.29. The van der Waals surface area contributed by atoms with Crippen LogP contribution in [0.15, 0.2) is 23.1 Å². The molecule has 0 unspecified atom stereocenters. The van der Waals surface area contributed by atoms with Crippen LogP contribution in [0.1, 0.15) is 50.5 Å². The molecule has 134 valence electrons. The highest BCUT2D eigenvalue weighted by Crippen LogP contribution is 2.33. The van der Waals surface area contributed by atoms with Gasteiger partial charge in [-0.25, -0.2) is 0 Å². The summed E-state index contributed by atoms with van der Waals surface area (Å²) in [6.07, 6.45) is 10.7. The van der Waals surface area contributed by atoms with Crippen LogP contribution in [0.4, 0.5) is 4.79 Å². The number of halogens is 1. The van der Waals surface area contributed by atoms with Gasteiger partial charge in [0.05, 0.1) is 16.5 Å². The quantitative estimate of drug-likeness (QED) is 0.530. The Morgan fingerprint density at radius 3 is 2.76 bits per heavy atom. The Balaban J connectivity index is 1.56. The van der Waals surface area contributed by atoms with Crippen molar-refractivity contribution < 1.29 is 14.3 Å². The smallest absolute Gasteiger partial charge is 0.290 e. The van der Waals surface area contributed by atoms with Crippen molar-refractivity contribution in [3.8, 4) is 5.75 Å². The summed E-state index contributed by atoms with van der Waals surface area (Å²) in [5, 5.41) is 2.35. The van der Waals surface area contributed by atoms with Gasteiger partial charge in [0.25, 0.3) is 11.1 Å². The first-order valence-electron chi connectivity index (χ1n) is 8.79. The van der Waals surface area contributed by atoms with Crippen LogP contribution in [0.5, 0.6) is 5.75 Å². The predicted molar refractivity (Wildman–Crippen MR) is 102 cm³/mol. The molecule has 2 amide bonds. The average molecular weight is 380 g/mol. The first kappa shape index (κ1) is 18.3. The average Bonchev–Trinajstić information content (AvgIpc) is 2.93. The van der Waals surface area contributed by atoms with E-state index >= 15 is 0 Å². The van der Waals surface area contributed by atoms with Crippen LogP contribution < -0.4 is 10.1 Å². The zero-order valence-electron chi connectivity index (χ0n) is 14.1. The Hall–Kier alpha value is -1.46. The van der Waals surface area contributed by atoms with Crippen molar-refractivity contribution in [3.05, 3.63) is 33.7 Å². The van der Waals surface area contributed by atoms with Gasteiger partial charge >= 0.3 is 0 Å². The third-order valence-corrected chi connectivity index (χ3v) is 5.88. The highest BCUT2D eigenvalue weighted by molar-refractivity contribution is 8.18. The van der Waals surface area contributed by atoms with Gasteiger partial charge in [0.15, 0.2) is 0 Å². The minimum absolute atomic E-state index is 0.348. The van der Waals surface area contributed by atoms with Gasteiger partial charge in [-0.05, 0) is 48.2 Å². The second-order valence-electron chi connectivity index (χ2n) is 6.51. The summed E-state index contributed by atoms with van der Waals surface area (Å²) in [5.41, 5.74) is 0.679. The van der Waals surface area contributed by atoms with E-state index in [1.165, 1.54) is 38.5 Å². The summed E-state index contributed by atoms with van der Waals surface area (Å²) in [6, 6.07) is 5.48. The lowest BCUT2D eigenvalue weighted by Crippen LogP contribution is -2.17. The number of ether oxygens (including phenoxy) is 1. The van der Waals surface area contributed by atoms with Crippen LogP contribution in [0.3, 0.4) is 0 Å². The van der Waals surface area contributed by atoms with Crippen LogP contribution >= 0.6 is 23.4 Å². The zero-order chi connectivity index (χ0) is 17.6. The van der Waals surface area contributed by atoms with Crippen LogP contribution in [-0.2, 0) is 4.79 Å². The molecule has 1 aliphatic carbocycles. The van der Waals surface area contributed by atoms with Gasteiger partial charge in [-0.15, -0.1) is 0 Å². The third-order valence-electron chi connectivity index (χ3n) is 4.66. The van der Waals surface area contributed by atoms with Crippen molar-refractivity contribution in [2.24, 2.45) is 5.92 Å². The number of nitrogens with one attached hydrogen (secondary N) is 1. The normalized spacial score (nSPS) is 20.1. The molecule has 1 N–H and O–H groups in total. The second-order valence-corrected chi connectivity index (χ2v) is 7.90. The van der Waals surface area contributed by atoms with Crippen LogP contribution in [0, 0.1) is 5.92 Å². The van der Waals surface area contributed by atoms with E-state index in [1.807, 2.05) is 12.1 Å². The molecule has 1 saturated heterocycles. The van der Waals surface area contributed by atoms with Gasteiger partial charge in [0, 0.05) is 0 Å². The van der Waals surface area contributed by atoms with Gasteiger partial charge in [-0.1, -0.05) is 55.8 Å². The summed E-state index contributed by atoms with van der Waals surface area (Å²) in [4.78, 5) is 23.2. The fourth-order valence-electron chi connectivity index (χ4n) is 3.34. The molecule has 2 aliphatic rings. The number of benzene rings is 1. The second kappa shape index (κ2) is 8.77. The number of hydrogen-bond acceptors (Lipinski definition) is 4. The summed E-state index contributed by atoms with van der Waals surface area (Å²) < 4.78 is 5.85. The third kappa shape index (κ3) is 5.02. The fraction of sp³-hybridized carbons (Fsp3) is 0.474. The van der Waals surface area contributed by atoms with E-state index in [4.69, 9.17) is 16.3 Å². The topological polar surface area (TPSA) is 55.4 Å². The van der Waals surface area contributed by atoms with Crippen LogP contribution in [-0.4, -0.2) is 17.8 Å². The molecule has 0 spiro atoms. The molecular formula is C19H22ClNO3S. The summed E-state index contributed by atoms with van der Waals surface area (Å²) in [6.45, 7) is 0.643. The Morgan fingerprint density at radius 2 is 2.04 bits per heavy atom. The van der Waals surface area contributed by atoms with Crippen molar-refractivity contribution in [3.63, 3.8) is 0 Å². The molecule has 1 saturated carbocycles. The van der Waals surface area contributed by atoms with Gasteiger partial charge in [-0.3, -0.25) is 14.9 Å². The predicted octanol–water partition coefficient (Wildman–Crippen LogP) is 5.40. The summed E-state index contributed by atoms with van der Waals surface area (Å²) in [5.74, 6) is 1.08. The molecule has 1 heterocycles. The minimum atomic E-state index is -0.384. The number of rotatable bonds is 6. The van der Waals surface area contributed by atoms with E-state index in [9.17, 15) is 9.59 Å². The van der Waals surface area contributed by atoms with Crippen molar-refractivity contribution in [1.29, 1.82) is 0 Å². The van der Waals surface area contributed by atoms with Gasteiger partial charge in [0.2, 0.25) is 0 Å². The number of carbonyl (C=O) groups excluding carboxylic acids is 2. The maximum Gasteiger partial charge on any atom is 0.290 e. The molecular weight excluding hydrogens is 358 g/mol. The number of hydrogen-bond donors (Lipinski definition) is 1. The molecule has 6 heteroatoms. The van der Waals surface area contributed by atoms with E-state index in [-0.39, 0.29) is 11.1 Å². The van der Waals surface area contributed by atoms with E-state index in [1.54, 1.807) is 12.1 Å². The molecule has 0 bridgehead atoms. The highest BCUT2D eigenvalue weighted by atomic mass is 35.5. The van der Waals surface area contributed by atoms with Crippen molar-refractivity contribution >= 4 is 40.6 Å². The van der Waals surface area contributed by atoms with Gasteiger partial charge in [0.1, 0.15) is 5.75 Å². The largest absolute Gasteiger partial charge is 0.492 e. The maximum absolute atomic E-state index is 11.7. The maximum atomic E-state index is 11.7. The molecule has 1 aromatic rings. The molecule has 1 aliphatic heterocycles. The minimum Gasteiger partial charge on any atom is -0.492 e. The first-order valence-corrected chi connectivity index (χ1v) is 9.99. The van der Waals surface area contributed by atoms with E-state index in [0.29, 0.717) is 27.8 Å². The summed E-state index contributed by atoms with van der Waals surface area (Å²) in [7, 11) is 0. The molecule has 0 aromatic heterocycles. The number of carbonyl (C=O) groups is 2. The van der Waals surface area contributed by atoms with Crippen LogP contribution in [0.25, 0.3) is 6.08 Å². The molecule has 0 atom stereocenters. The molecule has 2 fully saturated rings. The Kier molecular flexibility index (Phi) is 6.43. The number of thioether (sulfide) groups is 1. The van der Waals surface area contributed by atoms with E-state index < -0.39 is 0 Å². The van der Waals surface area contributed by atoms with Gasteiger partial charge < -0.3 is 4.74 Å². The van der Waals surface area contributed by atoms with Crippen molar-refractivity contribution in [2.75, 3.05) is 6.61 Å². The standard InChI is InChI=1S/C19H22ClNO3S/c20-17-14(12-16-18(22)21-19(23)25-16)9-4-10-15(17)24-11-5-8-13-6-2-1-3-7-13/h4,9-10,12-13H,1-3,5-8,11H2,(H,21,22,23)/b16-12-. The molecule has 1 aromatic carbocycles. The van der Waals surface area contributed by atoms with Gasteiger partial charge in [-0.2, -0.15) is 0 Å². The number of amides is 2. The molecule has 0 radical (unpaired) electrons. The lowest BCUT2D eigenvalue weighted by Gasteiger charge is -2.21. The Morgan fingerprint density at radius 1 is 1.24 bits per heavy atom. The van der Waals surface area contributed by atoms with Crippen LogP contribution in [0.2, 0.25) is 5.02 Å². The Bertz CT molecular complexity index is 683. The molecule has 25 heavy (non-hydrogen) atoms. The molecule has 3 rings (SSSR count). The first-order chi connectivity index (χ1) is 12.1. The van der Waals surface area contributed by atoms with E-state index in [0.717, 1.165) is 24.1 Å². The van der Waals surface area contributed by atoms with E-state index in [2.05, 4.69) is 5.32 Å². The Labute approximate surface area is 157 Å². The molecule has 4 nitrogen and oxygen atoms in total. The monoisotopic (exact) mass is 379 g/mol. The zero-order valence-corrected chi connectivity index (χ0v) is 15.6.